The maximum atomic E-state index is 10.4. The molecule has 0 bridgehead atoms. The topological polar surface area (TPSA) is 61.7 Å². The lowest BCUT2D eigenvalue weighted by Gasteiger charge is -2.00. The second-order valence-electron chi connectivity index (χ2n) is 2.62. The van der Waals surface area contributed by atoms with Crippen molar-refractivity contribution in [3.05, 3.63) is 28.7 Å². The molecule has 0 atom stereocenters. The Bertz CT molecular complexity index is 360. The minimum atomic E-state index is -1.03. The fourth-order valence-electron chi connectivity index (χ4n) is 0.721. The minimum Gasteiger partial charge on any atom is -0.477 e. The van der Waals surface area contributed by atoms with Gasteiger partial charge in [-0.15, -0.1) is 0 Å². The van der Waals surface area contributed by atoms with Crippen molar-refractivity contribution in [2.45, 2.75) is 6.92 Å². The van der Waals surface area contributed by atoms with Gasteiger partial charge >= 0.3 is 5.97 Å². The van der Waals surface area contributed by atoms with E-state index >= 15 is 0 Å². The molecule has 2 N–H and O–H groups in total. The van der Waals surface area contributed by atoms with Crippen LogP contribution in [0.15, 0.2) is 33.8 Å². The third-order valence-corrected chi connectivity index (χ3v) is 2.04. The summed E-state index contributed by atoms with van der Waals surface area (Å²) >= 11 is 3.29. The van der Waals surface area contributed by atoms with Gasteiger partial charge in [0, 0.05) is 4.47 Å². The number of hydrogen-bond donors (Lipinski definition) is 2. The zero-order valence-corrected chi connectivity index (χ0v) is 9.08. The first-order valence-electron chi connectivity index (χ1n) is 3.89. The predicted octanol–water partition coefficient (Wildman–Crippen LogP) is 2.32. The Labute approximate surface area is 89.8 Å². The lowest BCUT2D eigenvalue weighted by Crippen LogP contribution is -2.10. The quantitative estimate of drug-likeness (QED) is 0.645. The number of hydrogen-bond acceptors (Lipinski definition) is 3. The third-order valence-electron chi connectivity index (χ3n) is 1.51. The maximum Gasteiger partial charge on any atom is 0.351 e. The van der Waals surface area contributed by atoms with Crippen molar-refractivity contribution in [2.75, 3.05) is 5.43 Å². The number of nitrogens with one attached hydrogen (secondary N) is 1. The Morgan fingerprint density at radius 2 is 2.00 bits per heavy atom. The van der Waals surface area contributed by atoms with Crippen molar-refractivity contribution < 1.29 is 9.90 Å². The molecular weight excluding hydrogens is 248 g/mol. The summed E-state index contributed by atoms with van der Waals surface area (Å²) in [7, 11) is 0. The number of aliphatic carboxylic acids is 1. The lowest BCUT2D eigenvalue weighted by atomic mass is 10.3. The molecule has 1 rings (SSSR count). The molecule has 14 heavy (non-hydrogen) atoms. The average Bonchev–Trinajstić information content (AvgIpc) is 2.16. The van der Waals surface area contributed by atoms with E-state index in [9.17, 15) is 4.79 Å². The Hall–Kier alpha value is -1.36. The van der Waals surface area contributed by atoms with E-state index in [0.717, 1.165) is 10.2 Å². The smallest absolute Gasteiger partial charge is 0.351 e. The summed E-state index contributed by atoms with van der Waals surface area (Å²) in [6.07, 6.45) is 0. The van der Waals surface area contributed by atoms with E-state index in [4.69, 9.17) is 5.11 Å². The maximum absolute atomic E-state index is 10.4. The molecule has 0 saturated heterocycles. The molecule has 4 nitrogen and oxygen atoms in total. The summed E-state index contributed by atoms with van der Waals surface area (Å²) in [6.45, 7) is 1.42. The SMILES string of the molecule is C/C(=N/Nc1ccc(Br)cc1)C(=O)O. The van der Waals surface area contributed by atoms with Gasteiger partial charge in [-0.1, -0.05) is 15.9 Å². The van der Waals surface area contributed by atoms with Crippen LogP contribution < -0.4 is 5.43 Å². The van der Waals surface area contributed by atoms with Gasteiger partial charge in [-0.05, 0) is 31.2 Å². The van der Waals surface area contributed by atoms with Crippen LogP contribution in [-0.4, -0.2) is 16.8 Å². The predicted molar refractivity (Wildman–Crippen MR) is 58.5 cm³/mol. The highest BCUT2D eigenvalue weighted by molar-refractivity contribution is 9.10. The van der Waals surface area contributed by atoms with Crippen LogP contribution in [0.1, 0.15) is 6.92 Å². The number of carboxylic acid groups (broad SMARTS) is 1. The lowest BCUT2D eigenvalue weighted by molar-refractivity contribution is -0.129. The molecule has 74 valence electrons. The van der Waals surface area contributed by atoms with Crippen LogP contribution in [0, 0.1) is 0 Å². The number of nitrogens with zero attached hydrogens (tertiary/aromatic N) is 1. The number of carboxylic acids is 1. The van der Waals surface area contributed by atoms with Gasteiger partial charge in [-0.3, -0.25) is 5.43 Å². The number of carbonyl (C=O) groups is 1. The van der Waals surface area contributed by atoms with Gasteiger partial charge in [-0.2, -0.15) is 5.10 Å². The molecule has 0 fully saturated rings. The molecule has 1 aromatic rings. The van der Waals surface area contributed by atoms with Gasteiger partial charge in [0.15, 0.2) is 0 Å². The van der Waals surface area contributed by atoms with Crippen molar-refractivity contribution in [1.82, 2.24) is 0 Å². The highest BCUT2D eigenvalue weighted by Gasteiger charge is 2.00. The number of hydrazone groups is 1. The Balaban J connectivity index is 2.66. The van der Waals surface area contributed by atoms with Gasteiger partial charge in [0.25, 0.3) is 0 Å². The summed E-state index contributed by atoms with van der Waals surface area (Å²) < 4.78 is 0.960. The second-order valence-corrected chi connectivity index (χ2v) is 3.54. The largest absolute Gasteiger partial charge is 0.477 e. The van der Waals surface area contributed by atoms with E-state index in [1.807, 2.05) is 12.1 Å². The van der Waals surface area contributed by atoms with E-state index in [1.165, 1.54) is 6.92 Å². The molecule has 0 spiro atoms. The molecule has 0 aliphatic carbocycles. The molecule has 0 heterocycles. The molecule has 0 unspecified atom stereocenters. The highest BCUT2D eigenvalue weighted by Crippen LogP contribution is 2.13. The van der Waals surface area contributed by atoms with Crippen molar-refractivity contribution in [3.8, 4) is 0 Å². The molecule has 0 saturated carbocycles. The Morgan fingerprint density at radius 3 is 2.50 bits per heavy atom. The van der Waals surface area contributed by atoms with Gasteiger partial charge < -0.3 is 5.11 Å². The second kappa shape index (κ2) is 4.76. The zero-order valence-electron chi connectivity index (χ0n) is 7.49. The van der Waals surface area contributed by atoms with Crippen molar-refractivity contribution >= 4 is 33.3 Å². The number of anilines is 1. The molecule has 0 radical (unpaired) electrons. The van der Waals surface area contributed by atoms with E-state index in [1.54, 1.807) is 12.1 Å². The standard InChI is InChI=1S/C9H9BrN2O2/c1-6(9(13)14)11-12-8-4-2-7(10)3-5-8/h2-5,12H,1H3,(H,13,14)/b11-6-. The van der Waals surface area contributed by atoms with Crippen LogP contribution in [0.4, 0.5) is 5.69 Å². The van der Waals surface area contributed by atoms with Crippen molar-refractivity contribution in [1.29, 1.82) is 0 Å². The van der Waals surface area contributed by atoms with Gasteiger partial charge in [-0.25, -0.2) is 4.79 Å². The van der Waals surface area contributed by atoms with Crippen LogP contribution in [0.25, 0.3) is 0 Å². The Morgan fingerprint density at radius 1 is 1.43 bits per heavy atom. The van der Waals surface area contributed by atoms with E-state index < -0.39 is 5.97 Å². The number of benzene rings is 1. The fourth-order valence-corrected chi connectivity index (χ4v) is 0.985. The average molecular weight is 257 g/mol. The summed E-state index contributed by atoms with van der Waals surface area (Å²) in [5.74, 6) is -1.03. The van der Waals surface area contributed by atoms with Crippen LogP contribution in [0.2, 0.25) is 0 Å². The molecule has 5 heteroatoms. The molecule has 0 aromatic heterocycles. The van der Waals surface area contributed by atoms with Crippen LogP contribution in [0.5, 0.6) is 0 Å². The van der Waals surface area contributed by atoms with Crippen molar-refractivity contribution in [2.24, 2.45) is 5.10 Å². The van der Waals surface area contributed by atoms with Crippen molar-refractivity contribution in [3.63, 3.8) is 0 Å². The fraction of sp³-hybridized carbons (Fsp3) is 0.111. The molecular formula is C9H9BrN2O2. The van der Waals surface area contributed by atoms with Crippen LogP contribution in [0.3, 0.4) is 0 Å². The summed E-state index contributed by atoms with van der Waals surface area (Å²) in [6, 6.07) is 7.27. The van der Waals surface area contributed by atoms with Crippen LogP contribution >= 0.6 is 15.9 Å². The van der Waals surface area contributed by atoms with Gasteiger partial charge in [0.05, 0.1) is 5.69 Å². The summed E-state index contributed by atoms with van der Waals surface area (Å²) in [5.41, 5.74) is 3.40. The first kappa shape index (κ1) is 10.7. The molecule has 0 aliphatic heterocycles. The molecule has 0 amide bonds. The third kappa shape index (κ3) is 3.18. The normalized spacial score (nSPS) is 11.1. The first-order valence-corrected chi connectivity index (χ1v) is 4.68. The van der Waals surface area contributed by atoms with E-state index in [0.29, 0.717) is 0 Å². The molecule has 1 aromatic carbocycles. The molecule has 0 aliphatic rings. The monoisotopic (exact) mass is 256 g/mol. The van der Waals surface area contributed by atoms with Crippen LogP contribution in [-0.2, 0) is 4.79 Å². The zero-order chi connectivity index (χ0) is 10.6. The minimum absolute atomic E-state index is 0.0212. The highest BCUT2D eigenvalue weighted by atomic mass is 79.9. The summed E-state index contributed by atoms with van der Waals surface area (Å²) in [5, 5.41) is 12.2. The van der Waals surface area contributed by atoms with E-state index in [-0.39, 0.29) is 5.71 Å². The number of halogens is 1. The Kier molecular flexibility index (Phi) is 3.64. The summed E-state index contributed by atoms with van der Waals surface area (Å²) in [4.78, 5) is 10.4. The van der Waals surface area contributed by atoms with E-state index in [2.05, 4.69) is 26.5 Å². The first-order chi connectivity index (χ1) is 6.59. The number of rotatable bonds is 3. The van der Waals surface area contributed by atoms with Gasteiger partial charge in [0.2, 0.25) is 0 Å². The van der Waals surface area contributed by atoms with Gasteiger partial charge in [0.1, 0.15) is 5.71 Å².